The molecule has 1 aliphatic carbocycles. The molecule has 0 bridgehead atoms. The van der Waals surface area contributed by atoms with E-state index in [9.17, 15) is 0 Å². The Kier molecular flexibility index (Phi) is 4.43. The maximum Gasteiger partial charge on any atom is -0.0295 e. The van der Waals surface area contributed by atoms with E-state index in [4.69, 9.17) is 0 Å². The molecule has 0 amide bonds. The van der Waals surface area contributed by atoms with Gasteiger partial charge in [-0.3, -0.25) is 0 Å². The Morgan fingerprint density at radius 3 is 2.53 bits per heavy atom. The van der Waals surface area contributed by atoms with E-state index < -0.39 is 0 Å². The molecule has 1 rings (SSSR count). The van der Waals surface area contributed by atoms with E-state index in [1.165, 1.54) is 32.1 Å². The summed E-state index contributed by atoms with van der Waals surface area (Å²) in [5.41, 5.74) is 0.611. The molecule has 1 aliphatic rings. The van der Waals surface area contributed by atoms with Gasteiger partial charge in [-0.1, -0.05) is 40.2 Å². The monoisotopic (exact) mass is 208 g/mol. The Balaban J connectivity index is 2.41. The van der Waals surface area contributed by atoms with Gasteiger partial charge < -0.3 is 0 Å². The van der Waals surface area contributed by atoms with Crippen LogP contribution in [0.15, 0.2) is 12.7 Å². The van der Waals surface area contributed by atoms with Crippen molar-refractivity contribution in [2.24, 2.45) is 23.2 Å². The van der Waals surface area contributed by atoms with Crippen molar-refractivity contribution in [3.63, 3.8) is 0 Å². The molecule has 0 aromatic rings. The first-order valence-electron chi connectivity index (χ1n) is 6.64. The van der Waals surface area contributed by atoms with E-state index in [-0.39, 0.29) is 0 Å². The van der Waals surface area contributed by atoms with Crippen molar-refractivity contribution in [3.05, 3.63) is 12.7 Å². The Bertz CT molecular complexity index is 206. The van der Waals surface area contributed by atoms with Crippen LogP contribution in [0.1, 0.15) is 59.8 Å². The number of hydrogen-bond donors (Lipinski definition) is 0. The van der Waals surface area contributed by atoms with Crippen LogP contribution in [0.3, 0.4) is 0 Å². The molecule has 4 unspecified atom stereocenters. The van der Waals surface area contributed by atoms with Crippen molar-refractivity contribution in [2.75, 3.05) is 0 Å². The van der Waals surface area contributed by atoms with Crippen molar-refractivity contribution in [1.82, 2.24) is 0 Å². The second-order valence-electron chi connectivity index (χ2n) is 6.00. The predicted octanol–water partition coefficient (Wildman–Crippen LogP) is 5.05. The molecule has 0 nitrogen and oxygen atoms in total. The third-order valence-corrected chi connectivity index (χ3v) is 4.49. The molecule has 0 spiro atoms. The highest BCUT2D eigenvalue weighted by molar-refractivity contribution is 4.96. The normalized spacial score (nSPS) is 30.7. The maximum absolute atomic E-state index is 3.81. The Labute approximate surface area is 96.2 Å². The SMILES string of the molecule is C=CCCC(C)CC(C)(CC)C1CC1C. The topological polar surface area (TPSA) is 0 Å². The third-order valence-electron chi connectivity index (χ3n) is 4.49. The number of rotatable bonds is 7. The van der Waals surface area contributed by atoms with Crippen molar-refractivity contribution >= 4 is 0 Å². The summed E-state index contributed by atoms with van der Waals surface area (Å²) >= 11 is 0. The van der Waals surface area contributed by atoms with Gasteiger partial charge >= 0.3 is 0 Å². The fraction of sp³-hybridized carbons (Fsp3) is 0.867. The lowest BCUT2D eigenvalue weighted by Gasteiger charge is -2.32. The van der Waals surface area contributed by atoms with Gasteiger partial charge in [-0.15, -0.1) is 6.58 Å². The Hall–Kier alpha value is -0.260. The molecule has 0 saturated heterocycles. The second-order valence-corrected chi connectivity index (χ2v) is 6.00. The molecule has 88 valence electrons. The Morgan fingerprint density at radius 2 is 2.13 bits per heavy atom. The lowest BCUT2D eigenvalue weighted by Crippen LogP contribution is -2.22. The zero-order valence-electron chi connectivity index (χ0n) is 11.1. The summed E-state index contributed by atoms with van der Waals surface area (Å²) in [6, 6.07) is 0. The van der Waals surface area contributed by atoms with Crippen molar-refractivity contribution < 1.29 is 0 Å². The van der Waals surface area contributed by atoms with E-state index in [1.807, 2.05) is 0 Å². The van der Waals surface area contributed by atoms with Gasteiger partial charge in [0.15, 0.2) is 0 Å². The lowest BCUT2D eigenvalue weighted by atomic mass is 9.73. The van der Waals surface area contributed by atoms with Crippen molar-refractivity contribution in [2.45, 2.75) is 59.8 Å². The highest BCUT2D eigenvalue weighted by Crippen LogP contribution is 2.55. The van der Waals surface area contributed by atoms with E-state index in [1.54, 1.807) is 0 Å². The fourth-order valence-electron chi connectivity index (χ4n) is 3.15. The standard InChI is InChI=1S/C15H28/c1-6-8-9-12(3)11-15(5,7-2)14-10-13(14)4/h6,12-14H,1,7-11H2,2-5H3. The minimum atomic E-state index is 0.611. The first-order valence-corrected chi connectivity index (χ1v) is 6.64. The first-order chi connectivity index (χ1) is 7.03. The van der Waals surface area contributed by atoms with Crippen LogP contribution in [0.4, 0.5) is 0 Å². The highest BCUT2D eigenvalue weighted by atomic mass is 14.5. The molecular weight excluding hydrogens is 180 g/mol. The van der Waals surface area contributed by atoms with Gasteiger partial charge in [-0.05, 0) is 48.9 Å². The van der Waals surface area contributed by atoms with Gasteiger partial charge in [-0.2, -0.15) is 0 Å². The third kappa shape index (κ3) is 3.36. The van der Waals surface area contributed by atoms with E-state index in [0.717, 1.165) is 17.8 Å². The van der Waals surface area contributed by atoms with E-state index in [2.05, 4.69) is 40.3 Å². The molecule has 1 fully saturated rings. The molecule has 0 heterocycles. The summed E-state index contributed by atoms with van der Waals surface area (Å²) in [7, 11) is 0. The van der Waals surface area contributed by atoms with Gasteiger partial charge in [0.1, 0.15) is 0 Å². The van der Waals surface area contributed by atoms with Gasteiger partial charge in [0.25, 0.3) is 0 Å². The molecule has 15 heavy (non-hydrogen) atoms. The van der Waals surface area contributed by atoms with Crippen LogP contribution in [0.5, 0.6) is 0 Å². The molecule has 0 radical (unpaired) electrons. The number of hydrogen-bond acceptors (Lipinski definition) is 0. The Morgan fingerprint density at radius 1 is 1.53 bits per heavy atom. The van der Waals surface area contributed by atoms with Crippen LogP contribution in [-0.4, -0.2) is 0 Å². The molecule has 0 aromatic heterocycles. The summed E-state index contributed by atoms with van der Waals surface area (Å²) in [5.74, 6) is 2.86. The highest BCUT2D eigenvalue weighted by Gasteiger charge is 2.46. The summed E-state index contributed by atoms with van der Waals surface area (Å²) in [4.78, 5) is 0. The van der Waals surface area contributed by atoms with Crippen LogP contribution in [0, 0.1) is 23.2 Å². The van der Waals surface area contributed by atoms with Gasteiger partial charge in [0, 0.05) is 0 Å². The maximum atomic E-state index is 3.81. The number of allylic oxidation sites excluding steroid dienone is 1. The van der Waals surface area contributed by atoms with Crippen LogP contribution >= 0.6 is 0 Å². The lowest BCUT2D eigenvalue weighted by molar-refractivity contribution is 0.187. The van der Waals surface area contributed by atoms with E-state index in [0.29, 0.717) is 5.41 Å². The van der Waals surface area contributed by atoms with Gasteiger partial charge in [-0.25, -0.2) is 0 Å². The summed E-state index contributed by atoms with van der Waals surface area (Å²) in [5, 5.41) is 0. The van der Waals surface area contributed by atoms with Crippen LogP contribution in [0.2, 0.25) is 0 Å². The van der Waals surface area contributed by atoms with Gasteiger partial charge in [0.05, 0.1) is 0 Å². The summed E-state index contributed by atoms with van der Waals surface area (Å²) in [6.45, 7) is 13.5. The average molecular weight is 208 g/mol. The first kappa shape index (κ1) is 12.8. The second kappa shape index (κ2) is 5.18. The molecule has 0 heteroatoms. The fourth-order valence-corrected chi connectivity index (χ4v) is 3.15. The molecule has 0 aromatic carbocycles. The average Bonchev–Trinajstić information content (AvgIpc) is 2.93. The smallest absolute Gasteiger partial charge is 0.0295 e. The summed E-state index contributed by atoms with van der Waals surface area (Å²) in [6.07, 6.45) is 8.78. The predicted molar refractivity (Wildman–Crippen MR) is 68.9 cm³/mol. The largest absolute Gasteiger partial charge is 0.103 e. The molecule has 4 atom stereocenters. The van der Waals surface area contributed by atoms with Crippen LogP contribution in [-0.2, 0) is 0 Å². The zero-order chi connectivity index (χ0) is 11.5. The minimum absolute atomic E-state index is 0.611. The van der Waals surface area contributed by atoms with Crippen LogP contribution in [0.25, 0.3) is 0 Å². The van der Waals surface area contributed by atoms with E-state index >= 15 is 0 Å². The summed E-state index contributed by atoms with van der Waals surface area (Å²) < 4.78 is 0. The molecule has 0 N–H and O–H groups in total. The van der Waals surface area contributed by atoms with Crippen molar-refractivity contribution in [1.29, 1.82) is 0 Å². The molecule has 1 saturated carbocycles. The minimum Gasteiger partial charge on any atom is -0.103 e. The van der Waals surface area contributed by atoms with Crippen molar-refractivity contribution in [3.8, 4) is 0 Å². The quantitative estimate of drug-likeness (QED) is 0.513. The van der Waals surface area contributed by atoms with Gasteiger partial charge in [0.2, 0.25) is 0 Å². The van der Waals surface area contributed by atoms with Crippen LogP contribution < -0.4 is 0 Å². The zero-order valence-corrected chi connectivity index (χ0v) is 11.1. The molecule has 0 aliphatic heterocycles. The molecular formula is C15H28.